The number of rotatable bonds is 6. The van der Waals surface area contributed by atoms with E-state index in [0.29, 0.717) is 11.6 Å². The summed E-state index contributed by atoms with van der Waals surface area (Å²) in [5.41, 5.74) is 0.534. The van der Waals surface area contributed by atoms with Gasteiger partial charge >= 0.3 is 0 Å². The second kappa shape index (κ2) is 6.64. The van der Waals surface area contributed by atoms with Crippen molar-refractivity contribution in [3.05, 3.63) is 34.4 Å². The number of nitrogens with one attached hydrogen (secondary N) is 1. The molecule has 7 heteroatoms. The van der Waals surface area contributed by atoms with Crippen molar-refractivity contribution in [2.24, 2.45) is 5.92 Å². The van der Waals surface area contributed by atoms with Crippen molar-refractivity contribution in [2.45, 2.75) is 18.9 Å². The fourth-order valence-electron chi connectivity index (χ4n) is 2.47. The second-order valence-electron chi connectivity index (χ2n) is 5.54. The third-order valence-corrected chi connectivity index (χ3v) is 3.56. The van der Waals surface area contributed by atoms with E-state index >= 15 is 0 Å². The quantitative estimate of drug-likeness (QED) is 0.607. The Labute approximate surface area is 122 Å². The van der Waals surface area contributed by atoms with Gasteiger partial charge in [0.1, 0.15) is 0 Å². The Balaban J connectivity index is 1.77. The maximum Gasteiger partial charge on any atom is 0.269 e. The monoisotopic (exact) mass is 293 g/mol. The molecule has 1 amide bonds. The Kier molecular flexibility index (Phi) is 4.87. The predicted octanol–water partition coefficient (Wildman–Crippen LogP) is 1.24. The van der Waals surface area contributed by atoms with E-state index < -0.39 is 4.92 Å². The van der Waals surface area contributed by atoms with Crippen LogP contribution >= 0.6 is 0 Å². The minimum absolute atomic E-state index is 0.00587. The van der Waals surface area contributed by atoms with E-state index in [9.17, 15) is 20.0 Å². The van der Waals surface area contributed by atoms with E-state index in [0.717, 1.165) is 19.4 Å². The molecule has 0 heterocycles. The zero-order valence-corrected chi connectivity index (χ0v) is 11.9. The number of aliphatic hydroxyl groups is 1. The Morgan fingerprint density at radius 2 is 2.05 bits per heavy atom. The van der Waals surface area contributed by atoms with Crippen LogP contribution in [0.1, 0.15) is 12.8 Å². The Hall–Kier alpha value is -1.99. The molecule has 0 saturated heterocycles. The van der Waals surface area contributed by atoms with Crippen LogP contribution in [0.5, 0.6) is 0 Å². The molecule has 0 aromatic heterocycles. The summed E-state index contributed by atoms with van der Waals surface area (Å²) < 4.78 is 0. The number of hydrogen-bond acceptors (Lipinski definition) is 5. The molecule has 0 spiro atoms. The molecule has 1 fully saturated rings. The fraction of sp³-hybridized carbons (Fsp3) is 0.500. The normalized spacial score (nSPS) is 20.9. The number of aliphatic hydroxyl groups excluding tert-OH is 1. The third kappa shape index (κ3) is 4.51. The zero-order valence-electron chi connectivity index (χ0n) is 11.9. The topological polar surface area (TPSA) is 95.7 Å². The molecule has 1 saturated carbocycles. The van der Waals surface area contributed by atoms with Gasteiger partial charge in [0.25, 0.3) is 5.69 Å². The first-order valence-corrected chi connectivity index (χ1v) is 6.85. The van der Waals surface area contributed by atoms with Gasteiger partial charge in [0, 0.05) is 24.4 Å². The minimum atomic E-state index is -0.480. The van der Waals surface area contributed by atoms with E-state index in [1.807, 2.05) is 11.9 Å². The largest absolute Gasteiger partial charge is 0.393 e. The zero-order chi connectivity index (χ0) is 15.4. The minimum Gasteiger partial charge on any atom is -0.393 e. The number of anilines is 1. The number of benzene rings is 1. The lowest BCUT2D eigenvalue weighted by Crippen LogP contribution is -2.39. The summed E-state index contributed by atoms with van der Waals surface area (Å²) in [7, 11) is 1.86. The average Bonchev–Trinajstić information content (AvgIpc) is 2.37. The van der Waals surface area contributed by atoms with Crippen LogP contribution in [0.15, 0.2) is 24.3 Å². The van der Waals surface area contributed by atoms with Crippen LogP contribution in [-0.2, 0) is 4.79 Å². The van der Waals surface area contributed by atoms with Gasteiger partial charge in [-0.1, -0.05) is 0 Å². The van der Waals surface area contributed by atoms with Crippen LogP contribution in [-0.4, -0.2) is 47.1 Å². The molecule has 0 atom stereocenters. The number of hydrogen-bond donors (Lipinski definition) is 2. The smallest absolute Gasteiger partial charge is 0.269 e. The Bertz CT molecular complexity index is 511. The second-order valence-corrected chi connectivity index (χ2v) is 5.54. The molecule has 21 heavy (non-hydrogen) atoms. The summed E-state index contributed by atoms with van der Waals surface area (Å²) in [4.78, 5) is 23.8. The highest BCUT2D eigenvalue weighted by molar-refractivity contribution is 5.92. The fourth-order valence-corrected chi connectivity index (χ4v) is 2.47. The van der Waals surface area contributed by atoms with Crippen LogP contribution in [0.25, 0.3) is 0 Å². The van der Waals surface area contributed by atoms with Gasteiger partial charge in [-0.15, -0.1) is 0 Å². The van der Waals surface area contributed by atoms with Crippen molar-refractivity contribution in [1.82, 2.24) is 4.90 Å². The van der Waals surface area contributed by atoms with Gasteiger partial charge in [-0.05, 0) is 37.9 Å². The predicted molar refractivity (Wildman–Crippen MR) is 78.0 cm³/mol. The van der Waals surface area contributed by atoms with E-state index in [2.05, 4.69) is 5.32 Å². The van der Waals surface area contributed by atoms with Crippen LogP contribution < -0.4 is 5.32 Å². The standard InChI is InChI=1S/C14H19N3O4/c1-16(8-10-6-13(18)7-10)9-14(19)15-11-2-4-12(5-3-11)17(20)21/h2-5,10,13,18H,6-9H2,1H3,(H,15,19). The lowest BCUT2D eigenvalue weighted by Gasteiger charge is -2.34. The van der Waals surface area contributed by atoms with Crippen LogP contribution in [0.4, 0.5) is 11.4 Å². The molecule has 0 aliphatic heterocycles. The van der Waals surface area contributed by atoms with Gasteiger partial charge in [-0.3, -0.25) is 19.8 Å². The Morgan fingerprint density at radius 3 is 2.57 bits per heavy atom. The first kappa shape index (κ1) is 15.4. The lowest BCUT2D eigenvalue weighted by molar-refractivity contribution is -0.384. The number of likely N-dealkylation sites (N-methyl/N-ethyl adjacent to an activating group) is 1. The van der Waals surface area contributed by atoms with Crippen molar-refractivity contribution >= 4 is 17.3 Å². The molecule has 2 N–H and O–H groups in total. The number of nitro benzene ring substituents is 1. The molecule has 7 nitrogen and oxygen atoms in total. The van der Waals surface area contributed by atoms with E-state index in [-0.39, 0.29) is 24.2 Å². The molecule has 114 valence electrons. The summed E-state index contributed by atoms with van der Waals surface area (Å²) in [5, 5.41) is 22.5. The lowest BCUT2D eigenvalue weighted by atomic mass is 9.82. The molecule has 1 aliphatic rings. The maximum atomic E-state index is 11.9. The number of amides is 1. The van der Waals surface area contributed by atoms with Crippen LogP contribution in [0, 0.1) is 16.0 Å². The SMILES string of the molecule is CN(CC(=O)Nc1ccc([N+](=O)[O-])cc1)CC1CC(O)C1. The molecular formula is C14H19N3O4. The van der Waals surface area contributed by atoms with Gasteiger partial charge in [0.2, 0.25) is 5.91 Å². The van der Waals surface area contributed by atoms with Crippen molar-refractivity contribution in [3.8, 4) is 0 Å². The summed E-state index contributed by atoms with van der Waals surface area (Å²) in [6.45, 7) is 1.04. The van der Waals surface area contributed by atoms with E-state index in [1.54, 1.807) is 0 Å². The highest BCUT2D eigenvalue weighted by atomic mass is 16.6. The Morgan fingerprint density at radius 1 is 1.43 bits per heavy atom. The third-order valence-electron chi connectivity index (χ3n) is 3.56. The van der Waals surface area contributed by atoms with Crippen molar-refractivity contribution in [1.29, 1.82) is 0 Å². The molecular weight excluding hydrogens is 274 g/mol. The highest BCUT2D eigenvalue weighted by Gasteiger charge is 2.28. The number of carbonyl (C=O) groups excluding carboxylic acids is 1. The first-order chi connectivity index (χ1) is 9.94. The van der Waals surface area contributed by atoms with Gasteiger partial charge in [-0.25, -0.2) is 0 Å². The number of nitro groups is 1. The summed E-state index contributed by atoms with van der Waals surface area (Å²) in [6.07, 6.45) is 1.42. The molecule has 0 unspecified atom stereocenters. The molecule has 1 aromatic rings. The molecule has 1 aromatic carbocycles. The average molecular weight is 293 g/mol. The van der Waals surface area contributed by atoms with Crippen molar-refractivity contribution < 1.29 is 14.8 Å². The van der Waals surface area contributed by atoms with Crippen molar-refractivity contribution in [2.75, 3.05) is 25.5 Å². The summed E-state index contributed by atoms with van der Waals surface area (Å²) in [6, 6.07) is 5.74. The number of carbonyl (C=O) groups is 1. The molecule has 0 radical (unpaired) electrons. The highest BCUT2D eigenvalue weighted by Crippen LogP contribution is 2.27. The molecule has 0 bridgehead atoms. The van der Waals surface area contributed by atoms with E-state index in [1.165, 1.54) is 24.3 Å². The molecule has 2 rings (SSSR count). The van der Waals surface area contributed by atoms with Crippen molar-refractivity contribution in [3.63, 3.8) is 0 Å². The molecule has 1 aliphatic carbocycles. The maximum absolute atomic E-state index is 11.9. The summed E-state index contributed by atoms with van der Waals surface area (Å²) in [5.74, 6) is 0.295. The first-order valence-electron chi connectivity index (χ1n) is 6.85. The van der Waals surface area contributed by atoms with Gasteiger partial charge < -0.3 is 10.4 Å². The van der Waals surface area contributed by atoms with Gasteiger partial charge in [0.15, 0.2) is 0 Å². The number of nitrogens with zero attached hydrogens (tertiary/aromatic N) is 2. The van der Waals surface area contributed by atoms with E-state index in [4.69, 9.17) is 0 Å². The summed E-state index contributed by atoms with van der Waals surface area (Å²) >= 11 is 0. The van der Waals surface area contributed by atoms with Gasteiger partial charge in [0.05, 0.1) is 17.6 Å². The van der Waals surface area contributed by atoms with Crippen LogP contribution in [0.2, 0.25) is 0 Å². The van der Waals surface area contributed by atoms with Gasteiger partial charge in [-0.2, -0.15) is 0 Å². The number of non-ortho nitro benzene ring substituents is 1. The van der Waals surface area contributed by atoms with Crippen LogP contribution in [0.3, 0.4) is 0 Å².